The van der Waals surface area contributed by atoms with Gasteiger partial charge in [-0.3, -0.25) is 9.48 Å². The molecule has 1 N–H and O–H groups in total. The van der Waals surface area contributed by atoms with Crippen LogP contribution in [0, 0.1) is 5.41 Å². The molecule has 2 saturated heterocycles. The number of nitrogens with one attached hydrogen (secondary N) is 1. The third-order valence-electron chi connectivity index (χ3n) is 6.40. The number of nitrogens with zero attached hydrogens (tertiary/aromatic N) is 4. The summed E-state index contributed by atoms with van der Waals surface area (Å²) in [5.74, 6) is 0.0622. The second-order valence-corrected chi connectivity index (χ2v) is 9.33. The van der Waals surface area contributed by atoms with Gasteiger partial charge in [0.1, 0.15) is 0 Å². The van der Waals surface area contributed by atoms with Gasteiger partial charge in [-0.05, 0) is 51.8 Å². The standard InChI is InChI=1S/C22H27N5O2/c1-21(2,3)27-12-16(11-25-27)19-22(6-8-29-9-7-22)13-26(19)20(28)15-4-5-17-18(10-15)24-14-23-17/h4-5,10-12,14,19H,6-9,13H2,1-3H3,(H,23,24). The van der Waals surface area contributed by atoms with Gasteiger partial charge >= 0.3 is 0 Å². The third-order valence-corrected chi connectivity index (χ3v) is 6.40. The van der Waals surface area contributed by atoms with E-state index in [0.29, 0.717) is 5.56 Å². The van der Waals surface area contributed by atoms with E-state index in [9.17, 15) is 4.79 Å². The molecule has 29 heavy (non-hydrogen) atoms. The molecular weight excluding hydrogens is 366 g/mol. The van der Waals surface area contributed by atoms with Crippen molar-refractivity contribution in [2.45, 2.75) is 45.2 Å². The van der Waals surface area contributed by atoms with E-state index in [-0.39, 0.29) is 22.9 Å². The van der Waals surface area contributed by atoms with Crippen LogP contribution in [0.25, 0.3) is 11.0 Å². The normalized spacial score (nSPS) is 21.5. The summed E-state index contributed by atoms with van der Waals surface area (Å²) in [7, 11) is 0. The number of benzene rings is 1. The van der Waals surface area contributed by atoms with Gasteiger partial charge in [-0.1, -0.05) is 0 Å². The molecule has 4 heterocycles. The number of imidazole rings is 1. The number of amides is 1. The molecule has 7 heteroatoms. The highest BCUT2D eigenvalue weighted by molar-refractivity contribution is 5.98. The number of hydrogen-bond acceptors (Lipinski definition) is 4. The van der Waals surface area contributed by atoms with Crippen molar-refractivity contribution in [3.63, 3.8) is 0 Å². The first-order chi connectivity index (χ1) is 13.9. The maximum absolute atomic E-state index is 13.4. The fraction of sp³-hybridized carbons (Fsp3) is 0.500. The molecule has 0 bridgehead atoms. The zero-order chi connectivity index (χ0) is 20.2. The number of H-pyrrole nitrogens is 1. The number of ether oxygens (including phenoxy) is 1. The average molecular weight is 393 g/mol. The van der Waals surface area contributed by atoms with E-state index in [2.05, 4.69) is 42.0 Å². The first kappa shape index (κ1) is 18.4. The molecule has 1 aromatic carbocycles. The van der Waals surface area contributed by atoms with Crippen LogP contribution in [-0.2, 0) is 10.3 Å². The Morgan fingerprint density at radius 2 is 2.07 bits per heavy atom. The second kappa shape index (κ2) is 6.42. The summed E-state index contributed by atoms with van der Waals surface area (Å²) in [4.78, 5) is 22.8. The molecule has 0 saturated carbocycles. The summed E-state index contributed by atoms with van der Waals surface area (Å²) in [6, 6.07) is 5.70. The predicted molar refractivity (Wildman–Crippen MR) is 110 cm³/mol. The molecule has 2 aromatic heterocycles. The van der Waals surface area contributed by atoms with Gasteiger partial charge in [-0.15, -0.1) is 0 Å². The Balaban J connectivity index is 1.49. The molecule has 0 radical (unpaired) electrons. The van der Waals surface area contributed by atoms with Crippen LogP contribution in [0.5, 0.6) is 0 Å². The van der Waals surface area contributed by atoms with Gasteiger partial charge in [0.25, 0.3) is 5.91 Å². The summed E-state index contributed by atoms with van der Waals surface area (Å²) in [5, 5.41) is 4.60. The maximum Gasteiger partial charge on any atom is 0.254 e. The minimum Gasteiger partial charge on any atom is -0.381 e. The van der Waals surface area contributed by atoms with Crippen LogP contribution >= 0.6 is 0 Å². The molecule has 152 valence electrons. The molecule has 3 aromatic rings. The zero-order valence-corrected chi connectivity index (χ0v) is 17.2. The van der Waals surface area contributed by atoms with Crippen LogP contribution in [0.15, 0.2) is 36.9 Å². The zero-order valence-electron chi connectivity index (χ0n) is 17.2. The van der Waals surface area contributed by atoms with Crippen molar-refractivity contribution in [1.82, 2.24) is 24.6 Å². The van der Waals surface area contributed by atoms with Crippen molar-refractivity contribution in [3.8, 4) is 0 Å². The Morgan fingerprint density at radius 3 is 2.79 bits per heavy atom. The smallest absolute Gasteiger partial charge is 0.254 e. The Kier molecular flexibility index (Phi) is 4.07. The molecule has 1 unspecified atom stereocenters. The van der Waals surface area contributed by atoms with Crippen molar-refractivity contribution in [1.29, 1.82) is 0 Å². The van der Waals surface area contributed by atoms with Crippen LogP contribution < -0.4 is 0 Å². The van der Waals surface area contributed by atoms with Crippen LogP contribution in [0.2, 0.25) is 0 Å². The number of likely N-dealkylation sites (tertiary alicyclic amines) is 1. The van der Waals surface area contributed by atoms with Crippen LogP contribution in [0.1, 0.15) is 55.6 Å². The minimum absolute atomic E-state index is 0.0347. The fourth-order valence-corrected chi connectivity index (χ4v) is 4.75. The monoisotopic (exact) mass is 393 g/mol. The SMILES string of the molecule is CC(C)(C)n1cc(C2N(C(=O)c3ccc4nc[nH]c4c3)CC23CCOCC3)cn1. The maximum atomic E-state index is 13.4. The van der Waals surface area contributed by atoms with E-state index >= 15 is 0 Å². The summed E-state index contributed by atoms with van der Waals surface area (Å²) in [6.07, 6.45) is 7.65. The highest BCUT2D eigenvalue weighted by atomic mass is 16.5. The Morgan fingerprint density at radius 1 is 1.28 bits per heavy atom. The van der Waals surface area contributed by atoms with Crippen molar-refractivity contribution >= 4 is 16.9 Å². The van der Waals surface area contributed by atoms with Crippen LogP contribution in [0.3, 0.4) is 0 Å². The molecule has 5 rings (SSSR count). The number of rotatable bonds is 2. The van der Waals surface area contributed by atoms with Gasteiger partial charge in [0.2, 0.25) is 0 Å². The molecular formula is C22H27N5O2. The Hall–Kier alpha value is -2.67. The Labute approximate surface area is 170 Å². The lowest BCUT2D eigenvalue weighted by molar-refractivity contribution is -0.115. The van der Waals surface area contributed by atoms with E-state index in [1.54, 1.807) is 6.33 Å². The van der Waals surface area contributed by atoms with Crippen LogP contribution in [0.4, 0.5) is 0 Å². The minimum atomic E-state index is -0.0919. The average Bonchev–Trinajstić information content (AvgIpc) is 3.35. The van der Waals surface area contributed by atoms with Crippen molar-refractivity contribution in [3.05, 3.63) is 48.0 Å². The van der Waals surface area contributed by atoms with E-state index in [0.717, 1.165) is 49.2 Å². The summed E-state index contributed by atoms with van der Waals surface area (Å²) in [6.45, 7) is 8.69. The molecule has 2 aliphatic heterocycles. The second-order valence-electron chi connectivity index (χ2n) is 9.33. The summed E-state index contributed by atoms with van der Waals surface area (Å²) in [5.41, 5.74) is 3.55. The first-order valence-corrected chi connectivity index (χ1v) is 10.2. The quantitative estimate of drug-likeness (QED) is 0.723. The molecule has 7 nitrogen and oxygen atoms in total. The lowest BCUT2D eigenvalue weighted by atomic mass is 9.64. The van der Waals surface area contributed by atoms with E-state index in [4.69, 9.17) is 4.74 Å². The van der Waals surface area contributed by atoms with Crippen LogP contribution in [-0.4, -0.2) is 50.3 Å². The van der Waals surface area contributed by atoms with Gasteiger partial charge in [0, 0.05) is 42.5 Å². The molecule has 2 fully saturated rings. The lowest BCUT2D eigenvalue weighted by Gasteiger charge is -2.59. The number of fused-ring (bicyclic) bond motifs is 1. The fourth-order valence-electron chi connectivity index (χ4n) is 4.75. The molecule has 1 amide bonds. The molecule has 2 aliphatic rings. The molecule has 1 spiro atoms. The number of hydrogen-bond donors (Lipinski definition) is 1. The Bertz CT molecular complexity index is 1050. The van der Waals surface area contributed by atoms with Gasteiger partial charge in [-0.25, -0.2) is 4.98 Å². The lowest BCUT2D eigenvalue weighted by Crippen LogP contribution is -2.62. The largest absolute Gasteiger partial charge is 0.381 e. The number of carbonyl (C=O) groups is 1. The van der Waals surface area contributed by atoms with E-state index in [1.807, 2.05) is 34.0 Å². The number of carbonyl (C=O) groups excluding carboxylic acids is 1. The van der Waals surface area contributed by atoms with E-state index in [1.165, 1.54) is 0 Å². The van der Waals surface area contributed by atoms with Crippen molar-refractivity contribution in [2.24, 2.45) is 5.41 Å². The first-order valence-electron chi connectivity index (χ1n) is 10.2. The summed E-state index contributed by atoms with van der Waals surface area (Å²) < 4.78 is 7.62. The van der Waals surface area contributed by atoms with E-state index < -0.39 is 0 Å². The molecule has 1 atom stereocenters. The number of aromatic amines is 1. The highest BCUT2D eigenvalue weighted by Crippen LogP contribution is 2.55. The van der Waals surface area contributed by atoms with Crippen molar-refractivity contribution in [2.75, 3.05) is 19.8 Å². The van der Waals surface area contributed by atoms with Gasteiger partial charge in [0.15, 0.2) is 0 Å². The van der Waals surface area contributed by atoms with Gasteiger partial charge in [-0.2, -0.15) is 5.10 Å². The highest BCUT2D eigenvalue weighted by Gasteiger charge is 2.55. The number of aromatic nitrogens is 4. The summed E-state index contributed by atoms with van der Waals surface area (Å²) >= 11 is 0. The van der Waals surface area contributed by atoms with Crippen molar-refractivity contribution < 1.29 is 9.53 Å². The van der Waals surface area contributed by atoms with Gasteiger partial charge < -0.3 is 14.6 Å². The predicted octanol–water partition coefficient (Wildman–Crippen LogP) is 3.51. The topological polar surface area (TPSA) is 76.0 Å². The third kappa shape index (κ3) is 2.95. The van der Waals surface area contributed by atoms with Gasteiger partial charge in [0.05, 0.1) is 35.1 Å². The molecule has 0 aliphatic carbocycles.